The molecular formula is C16H22O3. The van der Waals surface area contributed by atoms with Crippen molar-refractivity contribution in [2.45, 2.75) is 51.7 Å². The zero-order valence-electron chi connectivity index (χ0n) is 11.9. The molecule has 0 aromatic heterocycles. The highest BCUT2D eigenvalue weighted by atomic mass is 16.7. The smallest absolute Gasteiger partial charge is 0.341 e. The van der Waals surface area contributed by atoms with Gasteiger partial charge in [-0.25, -0.2) is 4.79 Å². The van der Waals surface area contributed by atoms with E-state index >= 15 is 0 Å². The van der Waals surface area contributed by atoms with E-state index in [9.17, 15) is 4.79 Å². The summed E-state index contributed by atoms with van der Waals surface area (Å²) in [6, 6.07) is 8.13. The third-order valence-electron chi connectivity index (χ3n) is 3.68. The Bertz CT molecular complexity index is 438. The lowest BCUT2D eigenvalue weighted by atomic mass is 9.96. The fourth-order valence-corrected chi connectivity index (χ4v) is 2.25. The molecule has 0 aliphatic carbocycles. The summed E-state index contributed by atoms with van der Waals surface area (Å²) in [6.07, 6.45) is 2.43. The molecule has 104 valence electrons. The maximum absolute atomic E-state index is 12.1. The van der Waals surface area contributed by atoms with E-state index in [2.05, 4.69) is 6.92 Å². The van der Waals surface area contributed by atoms with Crippen LogP contribution in [-0.2, 0) is 14.3 Å². The number of esters is 1. The van der Waals surface area contributed by atoms with Crippen LogP contribution in [0.2, 0.25) is 0 Å². The molecule has 3 nitrogen and oxygen atoms in total. The monoisotopic (exact) mass is 262 g/mol. The summed E-state index contributed by atoms with van der Waals surface area (Å²) < 4.78 is 11.0. The molecule has 0 spiro atoms. The maximum Gasteiger partial charge on any atom is 0.341 e. The van der Waals surface area contributed by atoms with Gasteiger partial charge >= 0.3 is 5.97 Å². The molecule has 0 N–H and O–H groups in total. The van der Waals surface area contributed by atoms with E-state index in [1.807, 2.05) is 38.1 Å². The number of hydrogen-bond acceptors (Lipinski definition) is 3. The van der Waals surface area contributed by atoms with Crippen molar-refractivity contribution in [1.82, 2.24) is 0 Å². The Labute approximate surface area is 114 Å². The highest BCUT2D eigenvalue weighted by Gasteiger charge is 2.63. The van der Waals surface area contributed by atoms with Gasteiger partial charge in [-0.2, -0.15) is 0 Å². The Hall–Kier alpha value is -1.35. The Morgan fingerprint density at radius 1 is 1.32 bits per heavy atom. The number of hydrogen-bond donors (Lipinski definition) is 0. The molecule has 1 aromatic carbocycles. The third kappa shape index (κ3) is 2.81. The number of ether oxygens (including phenoxy) is 2. The van der Waals surface area contributed by atoms with Crippen LogP contribution in [0.15, 0.2) is 24.3 Å². The minimum absolute atomic E-state index is 0.146. The second-order valence-corrected chi connectivity index (χ2v) is 5.14. The van der Waals surface area contributed by atoms with Gasteiger partial charge in [-0.15, -0.1) is 0 Å². The normalized spacial score (nSPS) is 25.1. The molecule has 1 saturated heterocycles. The topological polar surface area (TPSA) is 38.8 Å². The fourth-order valence-electron chi connectivity index (χ4n) is 2.25. The van der Waals surface area contributed by atoms with Crippen LogP contribution in [0.1, 0.15) is 50.3 Å². The summed E-state index contributed by atoms with van der Waals surface area (Å²) >= 11 is 0. The highest BCUT2D eigenvalue weighted by Crippen LogP contribution is 2.52. The standard InChI is InChI=1S/C16H22O3/c1-4-6-11-18-15(17)16(5-2)14(19-16)13-9-7-12(3)8-10-13/h7-10,14H,4-6,11H2,1-3H3. The third-order valence-corrected chi connectivity index (χ3v) is 3.68. The van der Waals surface area contributed by atoms with Gasteiger partial charge in [-0.05, 0) is 25.3 Å². The predicted molar refractivity (Wildman–Crippen MR) is 73.9 cm³/mol. The van der Waals surface area contributed by atoms with E-state index in [4.69, 9.17) is 9.47 Å². The summed E-state index contributed by atoms with van der Waals surface area (Å²) in [7, 11) is 0. The van der Waals surface area contributed by atoms with Crippen molar-refractivity contribution in [2.75, 3.05) is 6.61 Å². The van der Waals surface area contributed by atoms with Crippen molar-refractivity contribution in [3.8, 4) is 0 Å². The molecule has 2 rings (SSSR count). The molecule has 1 heterocycles. The van der Waals surface area contributed by atoms with Gasteiger partial charge in [0.1, 0.15) is 6.10 Å². The van der Waals surface area contributed by atoms with E-state index in [-0.39, 0.29) is 12.1 Å². The number of epoxide rings is 1. The zero-order valence-corrected chi connectivity index (χ0v) is 11.9. The van der Waals surface area contributed by atoms with E-state index in [1.165, 1.54) is 5.56 Å². The summed E-state index contributed by atoms with van der Waals surface area (Å²) in [5.41, 5.74) is 1.51. The summed E-state index contributed by atoms with van der Waals surface area (Å²) in [6.45, 7) is 6.58. The molecule has 3 heteroatoms. The predicted octanol–water partition coefficient (Wildman–Crippen LogP) is 3.56. The summed E-state index contributed by atoms with van der Waals surface area (Å²) in [4.78, 5) is 12.1. The molecule has 1 fully saturated rings. The van der Waals surface area contributed by atoms with Gasteiger partial charge in [-0.1, -0.05) is 50.1 Å². The molecule has 0 amide bonds. The SMILES string of the molecule is CCCCOC(=O)C1(CC)OC1c1ccc(C)cc1. The van der Waals surface area contributed by atoms with Crippen molar-refractivity contribution in [3.63, 3.8) is 0 Å². The first kappa shape index (κ1) is 14.1. The van der Waals surface area contributed by atoms with E-state index < -0.39 is 5.60 Å². The molecule has 0 radical (unpaired) electrons. The Balaban J connectivity index is 2.02. The largest absolute Gasteiger partial charge is 0.463 e. The number of carbonyl (C=O) groups excluding carboxylic acids is 1. The van der Waals surface area contributed by atoms with E-state index in [0.717, 1.165) is 18.4 Å². The Kier molecular flexibility index (Phi) is 4.25. The van der Waals surface area contributed by atoms with Crippen LogP contribution in [0.4, 0.5) is 0 Å². The lowest BCUT2D eigenvalue weighted by Gasteiger charge is -2.10. The first-order valence-corrected chi connectivity index (χ1v) is 7.05. The van der Waals surface area contributed by atoms with Gasteiger partial charge < -0.3 is 9.47 Å². The van der Waals surface area contributed by atoms with Crippen molar-refractivity contribution in [1.29, 1.82) is 0 Å². The molecular weight excluding hydrogens is 240 g/mol. The lowest BCUT2D eigenvalue weighted by Crippen LogP contribution is -2.27. The summed E-state index contributed by atoms with van der Waals surface area (Å²) in [5, 5.41) is 0. The van der Waals surface area contributed by atoms with Crippen LogP contribution in [-0.4, -0.2) is 18.2 Å². The molecule has 0 bridgehead atoms. The fraction of sp³-hybridized carbons (Fsp3) is 0.562. The number of aryl methyl sites for hydroxylation is 1. The van der Waals surface area contributed by atoms with Crippen LogP contribution in [0, 0.1) is 6.92 Å². The van der Waals surface area contributed by atoms with Gasteiger partial charge in [0.05, 0.1) is 6.61 Å². The second-order valence-electron chi connectivity index (χ2n) is 5.14. The van der Waals surface area contributed by atoms with Gasteiger partial charge in [0.2, 0.25) is 0 Å². The highest BCUT2D eigenvalue weighted by molar-refractivity contribution is 5.83. The lowest BCUT2D eigenvalue weighted by molar-refractivity contribution is -0.150. The first-order chi connectivity index (χ1) is 9.14. The second kappa shape index (κ2) is 5.74. The maximum atomic E-state index is 12.1. The molecule has 0 saturated carbocycles. The molecule has 19 heavy (non-hydrogen) atoms. The average molecular weight is 262 g/mol. The molecule has 1 aliphatic heterocycles. The number of unbranched alkanes of at least 4 members (excludes halogenated alkanes) is 1. The molecule has 2 atom stereocenters. The zero-order chi connectivity index (χ0) is 13.9. The van der Waals surface area contributed by atoms with Crippen molar-refractivity contribution < 1.29 is 14.3 Å². The van der Waals surface area contributed by atoms with Gasteiger partial charge in [0.15, 0.2) is 5.60 Å². The number of benzene rings is 1. The Morgan fingerprint density at radius 2 is 2.00 bits per heavy atom. The Morgan fingerprint density at radius 3 is 2.58 bits per heavy atom. The minimum Gasteiger partial charge on any atom is -0.463 e. The number of carbonyl (C=O) groups is 1. The first-order valence-electron chi connectivity index (χ1n) is 7.05. The van der Waals surface area contributed by atoms with Crippen LogP contribution in [0.3, 0.4) is 0 Å². The molecule has 2 unspecified atom stereocenters. The van der Waals surface area contributed by atoms with Crippen molar-refractivity contribution in [3.05, 3.63) is 35.4 Å². The minimum atomic E-state index is -0.747. The van der Waals surface area contributed by atoms with Gasteiger partial charge in [0, 0.05) is 0 Å². The molecule has 1 aromatic rings. The summed E-state index contributed by atoms with van der Waals surface area (Å²) in [5.74, 6) is -0.214. The molecule has 1 aliphatic rings. The van der Waals surface area contributed by atoms with Crippen LogP contribution >= 0.6 is 0 Å². The van der Waals surface area contributed by atoms with E-state index in [1.54, 1.807) is 0 Å². The quantitative estimate of drug-likeness (QED) is 0.447. The van der Waals surface area contributed by atoms with Crippen LogP contribution < -0.4 is 0 Å². The van der Waals surface area contributed by atoms with Crippen molar-refractivity contribution >= 4 is 5.97 Å². The van der Waals surface area contributed by atoms with Crippen LogP contribution in [0.5, 0.6) is 0 Å². The van der Waals surface area contributed by atoms with E-state index in [0.29, 0.717) is 13.0 Å². The average Bonchev–Trinajstić information content (AvgIpc) is 3.16. The number of rotatable bonds is 6. The van der Waals surface area contributed by atoms with Gasteiger partial charge in [0.25, 0.3) is 0 Å². The van der Waals surface area contributed by atoms with Crippen LogP contribution in [0.25, 0.3) is 0 Å². The van der Waals surface area contributed by atoms with Gasteiger partial charge in [-0.3, -0.25) is 0 Å². The van der Waals surface area contributed by atoms with Crippen molar-refractivity contribution in [2.24, 2.45) is 0 Å².